The zero-order valence-corrected chi connectivity index (χ0v) is 17.2. The second-order valence-electron chi connectivity index (χ2n) is 6.17. The van der Waals surface area contributed by atoms with Gasteiger partial charge in [-0.2, -0.15) is 0 Å². The van der Waals surface area contributed by atoms with Gasteiger partial charge in [0, 0.05) is 5.69 Å². The highest BCUT2D eigenvalue weighted by Gasteiger charge is 2.19. The molecule has 0 bridgehead atoms. The molecular weight excluding hydrogens is 431 g/mol. The molecule has 3 aromatic rings. The van der Waals surface area contributed by atoms with Gasteiger partial charge in [-0.25, -0.2) is 12.8 Å². The van der Waals surface area contributed by atoms with Crippen molar-refractivity contribution in [1.82, 2.24) is 5.32 Å². The van der Waals surface area contributed by atoms with E-state index in [0.717, 1.165) is 12.1 Å². The van der Waals surface area contributed by atoms with Crippen LogP contribution in [0, 0.1) is 5.82 Å². The van der Waals surface area contributed by atoms with Crippen molar-refractivity contribution in [2.45, 2.75) is 4.90 Å². The van der Waals surface area contributed by atoms with Crippen molar-refractivity contribution >= 4 is 33.2 Å². The number of carbonyl (C=O) groups excluding carboxylic acids is 1. The van der Waals surface area contributed by atoms with Gasteiger partial charge < -0.3 is 10.1 Å². The summed E-state index contributed by atoms with van der Waals surface area (Å²) < 4.78 is 46.0. The summed E-state index contributed by atoms with van der Waals surface area (Å²) in [5.74, 6) is -0.347. The average molecular weight is 449 g/mol. The van der Waals surface area contributed by atoms with Gasteiger partial charge in [-0.1, -0.05) is 29.8 Å². The summed E-state index contributed by atoms with van der Waals surface area (Å²) in [6.07, 6.45) is 0. The van der Waals surface area contributed by atoms with E-state index in [1.54, 1.807) is 12.1 Å². The molecule has 0 radical (unpaired) electrons. The minimum Gasteiger partial charge on any atom is -0.492 e. The molecule has 0 unspecified atom stereocenters. The largest absolute Gasteiger partial charge is 0.492 e. The van der Waals surface area contributed by atoms with Crippen LogP contribution in [0.3, 0.4) is 0 Å². The third-order valence-electron chi connectivity index (χ3n) is 3.99. The molecule has 0 aliphatic heterocycles. The standard InChI is InChI=1S/C21H18ClFN2O4S/c22-20-11-10-18(30(27,28)25-16-8-6-15(23)7-9-16)14-19(20)21(26)24-12-13-29-17-4-2-1-3-5-17/h1-11,14,25H,12-13H2,(H,24,26). The van der Waals surface area contributed by atoms with E-state index in [9.17, 15) is 17.6 Å². The van der Waals surface area contributed by atoms with Crippen molar-refractivity contribution in [2.24, 2.45) is 0 Å². The van der Waals surface area contributed by atoms with Crippen molar-refractivity contribution in [2.75, 3.05) is 17.9 Å². The summed E-state index contributed by atoms with van der Waals surface area (Å²) in [5.41, 5.74) is 0.203. The Balaban J connectivity index is 1.66. The predicted molar refractivity (Wildman–Crippen MR) is 113 cm³/mol. The number of benzene rings is 3. The van der Waals surface area contributed by atoms with Crippen molar-refractivity contribution < 1.29 is 22.3 Å². The second kappa shape index (κ2) is 9.60. The van der Waals surface area contributed by atoms with Crippen LogP contribution in [0.15, 0.2) is 77.7 Å². The number of sulfonamides is 1. The van der Waals surface area contributed by atoms with Gasteiger partial charge in [0.15, 0.2) is 0 Å². The number of hydrogen-bond donors (Lipinski definition) is 2. The normalized spacial score (nSPS) is 11.0. The number of halogens is 2. The summed E-state index contributed by atoms with van der Waals surface area (Å²) in [6, 6.07) is 17.8. The Morgan fingerprint density at radius 3 is 2.40 bits per heavy atom. The lowest BCUT2D eigenvalue weighted by atomic mass is 10.2. The molecule has 3 aromatic carbocycles. The number of para-hydroxylation sites is 1. The van der Waals surface area contributed by atoms with Crippen LogP contribution in [0.25, 0.3) is 0 Å². The van der Waals surface area contributed by atoms with Crippen molar-refractivity contribution in [1.29, 1.82) is 0 Å². The molecule has 0 atom stereocenters. The fraction of sp³-hybridized carbons (Fsp3) is 0.0952. The highest BCUT2D eigenvalue weighted by Crippen LogP contribution is 2.22. The summed E-state index contributed by atoms with van der Waals surface area (Å²) in [5, 5.41) is 2.75. The molecule has 0 fully saturated rings. The molecule has 6 nitrogen and oxygen atoms in total. The minimum absolute atomic E-state index is 0.0124. The molecule has 156 valence electrons. The highest BCUT2D eigenvalue weighted by molar-refractivity contribution is 7.92. The summed E-state index contributed by atoms with van der Waals surface area (Å²) in [6.45, 7) is 0.437. The summed E-state index contributed by atoms with van der Waals surface area (Å²) in [7, 11) is -4.00. The Hall–Kier alpha value is -3.10. The third-order valence-corrected chi connectivity index (χ3v) is 5.70. The average Bonchev–Trinajstić information content (AvgIpc) is 2.73. The number of amides is 1. The van der Waals surface area contributed by atoms with Crippen LogP contribution in [-0.4, -0.2) is 27.5 Å². The Morgan fingerprint density at radius 1 is 1.00 bits per heavy atom. The predicted octanol–water partition coefficient (Wildman–Crippen LogP) is 4.09. The molecule has 0 aliphatic rings. The first-order chi connectivity index (χ1) is 14.3. The van der Waals surface area contributed by atoms with Crippen LogP contribution in [-0.2, 0) is 10.0 Å². The molecule has 3 rings (SSSR count). The molecule has 9 heteroatoms. The van der Waals surface area contributed by atoms with Crippen LogP contribution in [0.1, 0.15) is 10.4 Å². The molecule has 1 amide bonds. The maximum Gasteiger partial charge on any atom is 0.261 e. The van der Waals surface area contributed by atoms with Gasteiger partial charge in [0.1, 0.15) is 18.2 Å². The molecule has 0 spiro atoms. The zero-order valence-electron chi connectivity index (χ0n) is 15.6. The van der Waals surface area contributed by atoms with Crippen LogP contribution in [0.4, 0.5) is 10.1 Å². The van der Waals surface area contributed by atoms with Crippen LogP contribution < -0.4 is 14.8 Å². The maximum absolute atomic E-state index is 13.0. The molecule has 0 saturated heterocycles. The number of anilines is 1. The summed E-state index contributed by atoms with van der Waals surface area (Å²) in [4.78, 5) is 12.3. The van der Waals surface area contributed by atoms with Crippen LogP contribution in [0.2, 0.25) is 5.02 Å². The first-order valence-electron chi connectivity index (χ1n) is 8.89. The van der Waals surface area contributed by atoms with E-state index in [4.69, 9.17) is 16.3 Å². The van der Waals surface area contributed by atoms with E-state index in [1.165, 1.54) is 30.3 Å². The van der Waals surface area contributed by atoms with Gasteiger partial charge in [0.05, 0.1) is 22.0 Å². The quantitative estimate of drug-likeness (QED) is 0.508. The second-order valence-corrected chi connectivity index (χ2v) is 8.26. The summed E-state index contributed by atoms with van der Waals surface area (Å²) >= 11 is 6.08. The highest BCUT2D eigenvalue weighted by atomic mass is 35.5. The number of hydrogen-bond acceptors (Lipinski definition) is 4. The number of rotatable bonds is 8. The first-order valence-corrected chi connectivity index (χ1v) is 10.8. The zero-order chi connectivity index (χ0) is 21.6. The monoisotopic (exact) mass is 448 g/mol. The van der Waals surface area contributed by atoms with Gasteiger partial charge >= 0.3 is 0 Å². The number of carbonyl (C=O) groups is 1. The van der Waals surface area contributed by atoms with E-state index in [0.29, 0.717) is 5.75 Å². The smallest absolute Gasteiger partial charge is 0.261 e. The fourth-order valence-electron chi connectivity index (χ4n) is 2.52. The van der Waals surface area contributed by atoms with Crippen LogP contribution >= 0.6 is 11.6 Å². The number of ether oxygens (including phenoxy) is 1. The molecular formula is C21H18ClFN2O4S. The van der Waals surface area contributed by atoms with Gasteiger partial charge in [0.25, 0.3) is 15.9 Å². The molecule has 30 heavy (non-hydrogen) atoms. The Kier molecular flexibility index (Phi) is 6.91. The SMILES string of the molecule is O=C(NCCOc1ccccc1)c1cc(S(=O)(=O)Nc2ccc(F)cc2)ccc1Cl. The minimum atomic E-state index is -4.00. The van der Waals surface area contributed by atoms with Gasteiger partial charge in [0.2, 0.25) is 0 Å². The fourth-order valence-corrected chi connectivity index (χ4v) is 3.81. The van der Waals surface area contributed by atoms with Crippen molar-refractivity contribution in [3.8, 4) is 5.75 Å². The van der Waals surface area contributed by atoms with Gasteiger partial charge in [-0.15, -0.1) is 0 Å². The lowest BCUT2D eigenvalue weighted by molar-refractivity contribution is 0.0947. The van der Waals surface area contributed by atoms with Gasteiger partial charge in [-0.05, 0) is 54.6 Å². The van der Waals surface area contributed by atoms with Gasteiger partial charge in [-0.3, -0.25) is 9.52 Å². The van der Waals surface area contributed by atoms with E-state index < -0.39 is 21.7 Å². The Labute approximate surface area is 178 Å². The molecule has 0 heterocycles. The topological polar surface area (TPSA) is 84.5 Å². The number of nitrogens with one attached hydrogen (secondary N) is 2. The lowest BCUT2D eigenvalue weighted by Crippen LogP contribution is -2.28. The van der Waals surface area contributed by atoms with Crippen LogP contribution in [0.5, 0.6) is 5.75 Å². The van der Waals surface area contributed by atoms with E-state index in [1.807, 2.05) is 18.2 Å². The first kappa shape index (κ1) is 21.6. The van der Waals surface area contributed by atoms with E-state index in [-0.39, 0.29) is 34.3 Å². The maximum atomic E-state index is 13.0. The van der Waals surface area contributed by atoms with E-state index >= 15 is 0 Å². The molecule has 0 aromatic heterocycles. The van der Waals surface area contributed by atoms with E-state index in [2.05, 4.69) is 10.0 Å². The molecule has 0 aliphatic carbocycles. The Morgan fingerprint density at radius 2 is 1.70 bits per heavy atom. The molecule has 0 saturated carbocycles. The Bertz CT molecular complexity index is 1120. The lowest BCUT2D eigenvalue weighted by Gasteiger charge is -2.11. The third kappa shape index (κ3) is 5.71. The van der Waals surface area contributed by atoms with Crippen molar-refractivity contribution in [3.05, 3.63) is 89.2 Å². The van der Waals surface area contributed by atoms with Crippen molar-refractivity contribution in [3.63, 3.8) is 0 Å². The molecule has 2 N–H and O–H groups in total.